The Labute approximate surface area is 605 Å². The van der Waals surface area contributed by atoms with Crippen molar-refractivity contribution >= 4 is 117 Å². The Morgan fingerprint density at radius 3 is 0.951 bits per heavy atom. The van der Waals surface area contributed by atoms with Gasteiger partial charge in [0.2, 0.25) is 0 Å². The van der Waals surface area contributed by atoms with E-state index in [4.69, 9.17) is 0 Å². The van der Waals surface area contributed by atoms with E-state index in [-0.39, 0.29) is 0 Å². The van der Waals surface area contributed by atoms with Crippen LogP contribution in [-0.2, 0) is 0 Å². The van der Waals surface area contributed by atoms with Gasteiger partial charge in [-0.1, -0.05) is 315 Å². The van der Waals surface area contributed by atoms with Crippen molar-refractivity contribution in [2.75, 3.05) is 9.80 Å². The van der Waals surface area contributed by atoms with Crippen LogP contribution < -0.4 is 30.5 Å². The minimum atomic E-state index is -2.79. The molecular weight excluding hydrogens is 1290 g/mol. The maximum Gasteiger partial charge on any atom is 0.179 e. The van der Waals surface area contributed by atoms with Crippen molar-refractivity contribution in [1.29, 1.82) is 0 Å². The molecule has 17 aromatic carbocycles. The number of rotatable bonds is 18. The van der Waals surface area contributed by atoms with Gasteiger partial charge in [0.05, 0.1) is 22.7 Å². The molecule has 5 heteroatoms. The molecule has 0 heterocycles. The van der Waals surface area contributed by atoms with E-state index >= 15 is 0 Å². The molecule has 0 aliphatic heterocycles. The van der Waals surface area contributed by atoms with E-state index < -0.39 is 18.1 Å². The zero-order valence-electron chi connectivity index (χ0n) is 56.5. The molecule has 0 fully saturated rings. The molecule has 0 aromatic heterocycles. The van der Waals surface area contributed by atoms with E-state index in [2.05, 4.69) is 435 Å². The number of nitrogens with zero attached hydrogens (tertiary/aromatic N) is 2. The molecule has 0 aliphatic rings. The fourth-order valence-electron chi connectivity index (χ4n) is 15.4. The molecule has 2 nitrogen and oxygen atoms in total. The highest BCUT2D eigenvalue weighted by Gasteiger charge is 2.41. The molecule has 0 bridgehead atoms. The zero-order chi connectivity index (χ0) is 68.2. The quantitative estimate of drug-likeness (QED) is 0.0480. The Morgan fingerprint density at radius 2 is 0.539 bits per heavy atom. The van der Waals surface area contributed by atoms with Crippen LogP contribution in [0, 0.1) is 6.92 Å². The second kappa shape index (κ2) is 28.0. The number of para-hydroxylation sites is 2. The first-order valence-corrected chi connectivity index (χ1v) is 39.4. The van der Waals surface area contributed by atoms with Crippen LogP contribution in [0.5, 0.6) is 0 Å². The molecule has 0 spiro atoms. The Morgan fingerprint density at radius 1 is 0.235 bits per heavy atom. The highest BCUT2D eigenvalue weighted by molar-refractivity contribution is 8.34. The highest BCUT2D eigenvalue weighted by atomic mass is 32.3. The molecule has 0 saturated heterocycles. The summed E-state index contributed by atoms with van der Waals surface area (Å²) in [5, 5.41) is 12.4. The molecule has 486 valence electrons. The largest absolute Gasteiger partial charge is 0.309 e. The number of benzene rings is 17. The van der Waals surface area contributed by atoms with Gasteiger partial charge in [-0.2, -0.15) is 0 Å². The van der Waals surface area contributed by atoms with Crippen molar-refractivity contribution in [3.05, 3.63) is 424 Å². The number of hydrogen-bond donors (Lipinski definition) is 0. The second-order valence-corrected chi connectivity index (χ2v) is 34.0. The average molecular weight is 1360 g/mol. The third-order valence-corrected chi connectivity index (χ3v) is 29.8. The number of anilines is 6. The van der Waals surface area contributed by atoms with Crippen LogP contribution in [0.2, 0.25) is 0 Å². The maximum atomic E-state index is 2.52. The van der Waals surface area contributed by atoms with Gasteiger partial charge < -0.3 is 9.80 Å². The van der Waals surface area contributed by atoms with Gasteiger partial charge in [-0.3, -0.25) is 0 Å². The number of hydrogen-bond acceptors (Lipinski definition) is 3. The van der Waals surface area contributed by atoms with Crippen molar-refractivity contribution in [1.82, 2.24) is 0 Å². The van der Waals surface area contributed by atoms with Crippen molar-refractivity contribution in [3.8, 4) is 22.3 Å². The average Bonchev–Trinajstić information content (AvgIpc) is 0.736. The molecule has 0 amide bonds. The molecule has 0 atom stereocenters. The molecular formula is C97H72N2S2Si. The fourth-order valence-corrected chi connectivity index (χ4v) is 24.9. The van der Waals surface area contributed by atoms with Gasteiger partial charge in [-0.25, -0.2) is 0 Å². The monoisotopic (exact) mass is 1360 g/mol. The van der Waals surface area contributed by atoms with Crippen LogP contribution in [0.4, 0.5) is 34.1 Å². The van der Waals surface area contributed by atoms with Crippen molar-refractivity contribution in [2.24, 2.45) is 0 Å². The van der Waals surface area contributed by atoms with Crippen molar-refractivity contribution in [2.45, 2.75) is 36.3 Å². The van der Waals surface area contributed by atoms with Gasteiger partial charge in [0.25, 0.3) is 0 Å². The second-order valence-electron chi connectivity index (χ2n) is 25.9. The van der Waals surface area contributed by atoms with Gasteiger partial charge in [0, 0.05) is 62.6 Å². The van der Waals surface area contributed by atoms with Crippen molar-refractivity contribution < 1.29 is 0 Å². The summed E-state index contributed by atoms with van der Waals surface area (Å²) in [6.45, 7) is 2.17. The van der Waals surface area contributed by atoms with E-state index in [1.807, 2.05) is 0 Å². The standard InChI is InChI=1S/C97H72N2S2Si/c1-71-53-59-74(60-54-71)98(95-52-30-28-46-87(95)73-57-67-85(68-58-73)102(82-39-17-6-18-40-82,83-41-19-7-20-42-83)84-43-21-8-22-44-84)96-69-92-89-48-24-26-50-91(89)97(70-93(92)88-47-23-25-49-90(88)96)99(75-61-63-77(64-62-75)100-76-31-9-2-10-32-76)94-51-29-27-45-86(94)72-55-65-81(66-56-72)101(78-33-11-3-12-34-78,79-35-13-4-14-36-79)80-37-15-5-16-38-80/h2-70H,1H3. The van der Waals surface area contributed by atoms with Gasteiger partial charge in [-0.05, 0) is 182 Å². The van der Waals surface area contributed by atoms with Crippen LogP contribution in [0.25, 0.3) is 54.6 Å². The van der Waals surface area contributed by atoms with E-state index in [0.29, 0.717) is 0 Å². The van der Waals surface area contributed by atoms with Crippen LogP contribution in [-0.4, -0.2) is 8.07 Å². The van der Waals surface area contributed by atoms with Crippen LogP contribution in [0.15, 0.2) is 448 Å². The minimum absolute atomic E-state index is 1.06. The normalized spacial score (nSPS) is 11.8. The number of aryl methyl sites for hydroxylation is 1. The summed E-state index contributed by atoms with van der Waals surface area (Å²) in [5.74, 6) is 0. The Hall–Kier alpha value is -12.0. The molecule has 0 saturated carbocycles. The summed E-state index contributed by atoms with van der Waals surface area (Å²) in [6.07, 6.45) is 0. The Bertz CT molecular complexity index is 5560. The highest BCUT2D eigenvalue weighted by Crippen LogP contribution is 2.73. The van der Waals surface area contributed by atoms with Crippen LogP contribution in [0.3, 0.4) is 0 Å². The lowest BCUT2D eigenvalue weighted by atomic mass is 9.92. The molecule has 0 aliphatic carbocycles. The van der Waals surface area contributed by atoms with E-state index in [1.165, 1.54) is 71.8 Å². The maximum absolute atomic E-state index is 2.79. The minimum Gasteiger partial charge on any atom is -0.309 e. The molecule has 0 radical (unpaired) electrons. The summed E-state index contributed by atoms with van der Waals surface area (Å²) in [4.78, 5) is 12.6. The first-order chi connectivity index (χ1) is 50.5. The predicted octanol–water partition coefficient (Wildman–Crippen LogP) is 24.6. The topological polar surface area (TPSA) is 6.48 Å². The summed E-state index contributed by atoms with van der Waals surface area (Å²) < 4.78 is 0. The Kier molecular flexibility index (Phi) is 17.4. The summed E-state index contributed by atoms with van der Waals surface area (Å²) in [5.41, 5.74) is 12.3. The van der Waals surface area contributed by atoms with Crippen molar-refractivity contribution in [3.63, 3.8) is 0 Å². The fraction of sp³-hybridized carbons (Fsp3) is 0.0103. The lowest BCUT2D eigenvalue weighted by Crippen LogP contribution is -2.74. The third-order valence-electron chi connectivity index (χ3n) is 20.0. The van der Waals surface area contributed by atoms with Crippen LogP contribution in [0.1, 0.15) is 5.56 Å². The van der Waals surface area contributed by atoms with Gasteiger partial charge in [0.1, 0.15) is 0 Å². The lowest BCUT2D eigenvalue weighted by molar-refractivity contribution is 1.24. The summed E-state index contributed by atoms with van der Waals surface area (Å²) >= 11 is 1.78. The van der Waals surface area contributed by atoms with E-state index in [1.54, 1.807) is 11.8 Å². The van der Waals surface area contributed by atoms with Crippen LogP contribution >= 0.6 is 21.8 Å². The zero-order valence-corrected chi connectivity index (χ0v) is 59.2. The van der Waals surface area contributed by atoms with Gasteiger partial charge in [0.15, 0.2) is 8.07 Å². The molecule has 102 heavy (non-hydrogen) atoms. The smallest absolute Gasteiger partial charge is 0.179 e. The first kappa shape index (κ1) is 63.5. The number of fused-ring (bicyclic) bond motifs is 5. The van der Waals surface area contributed by atoms with E-state index in [0.717, 1.165) is 72.5 Å². The molecule has 17 aromatic rings. The lowest BCUT2D eigenvalue weighted by Gasteiger charge is -2.42. The Balaban J connectivity index is 0.841. The van der Waals surface area contributed by atoms with Gasteiger partial charge in [-0.15, -0.1) is 10.0 Å². The molecule has 0 N–H and O–H groups in total. The first-order valence-electron chi connectivity index (χ1n) is 34.9. The molecule has 17 rings (SSSR count). The van der Waals surface area contributed by atoms with E-state index in [9.17, 15) is 0 Å². The molecule has 0 unspecified atom stereocenters. The third kappa shape index (κ3) is 11.6. The predicted molar refractivity (Wildman–Crippen MR) is 438 cm³/mol. The summed E-state index contributed by atoms with van der Waals surface area (Å²) in [7, 11) is -4.70. The summed E-state index contributed by atoms with van der Waals surface area (Å²) in [6, 6.07) is 156. The SMILES string of the molecule is Cc1ccc(N(c2ccccc2-c2ccc([Si](c3ccccc3)(c3ccccc3)c3ccccc3)cc2)c2cc3c4ccccc4c(N(c4ccc(Sc5ccccc5)cc4)c4ccccc4-c4ccc(S(c5ccccc5)(c5ccccc5)c5ccccc5)cc4)cc3c3ccccc23)cc1. The van der Waals surface area contributed by atoms with Gasteiger partial charge >= 0.3 is 0 Å².